The molecule has 0 spiro atoms. The predicted molar refractivity (Wildman–Crippen MR) is 116 cm³/mol. The number of rotatable bonds is 5. The van der Waals surface area contributed by atoms with Crippen molar-refractivity contribution in [1.29, 1.82) is 0 Å². The Morgan fingerprint density at radius 3 is 2.88 bits per heavy atom. The molecule has 1 aromatic carbocycles. The summed E-state index contributed by atoms with van der Waals surface area (Å²) < 4.78 is 18.6. The van der Waals surface area contributed by atoms with Crippen molar-refractivity contribution in [2.24, 2.45) is 0 Å². The van der Waals surface area contributed by atoms with Gasteiger partial charge in [0.05, 0.1) is 13.2 Å². The van der Waals surface area contributed by atoms with Gasteiger partial charge in [0.2, 0.25) is 5.88 Å². The van der Waals surface area contributed by atoms with E-state index in [2.05, 4.69) is 27.3 Å². The molecule has 32 heavy (non-hydrogen) atoms. The summed E-state index contributed by atoms with van der Waals surface area (Å²) in [7, 11) is 1.54. The number of methoxy groups -OCH3 is 1. The van der Waals surface area contributed by atoms with E-state index in [1.165, 1.54) is 7.11 Å². The van der Waals surface area contributed by atoms with E-state index in [0.717, 1.165) is 41.8 Å². The number of ether oxygens (including phenoxy) is 3. The Labute approximate surface area is 185 Å². The van der Waals surface area contributed by atoms with Crippen LogP contribution in [0.15, 0.2) is 36.7 Å². The Morgan fingerprint density at radius 1 is 1.25 bits per heavy atom. The molecule has 9 nitrogen and oxygen atoms in total. The van der Waals surface area contributed by atoms with Crippen molar-refractivity contribution in [1.82, 2.24) is 25.1 Å². The average molecular weight is 435 g/mol. The Balaban J connectivity index is 1.28. The van der Waals surface area contributed by atoms with Gasteiger partial charge in [-0.2, -0.15) is 5.10 Å². The number of carbonyl (C=O) groups is 1. The molecule has 0 aliphatic carbocycles. The molecule has 3 aromatic rings. The molecule has 2 atom stereocenters. The van der Waals surface area contributed by atoms with E-state index in [1.807, 2.05) is 18.2 Å². The molecule has 1 amide bonds. The topological polar surface area (TPSA) is 100 Å². The van der Waals surface area contributed by atoms with Gasteiger partial charge in [-0.05, 0) is 36.1 Å². The third-order valence-corrected chi connectivity index (χ3v) is 5.83. The van der Waals surface area contributed by atoms with Crippen LogP contribution in [-0.4, -0.2) is 51.5 Å². The lowest BCUT2D eigenvalue weighted by Crippen LogP contribution is -2.42. The lowest BCUT2D eigenvalue weighted by molar-refractivity contribution is 0.0909. The lowest BCUT2D eigenvalue weighted by Gasteiger charge is -2.26. The molecular weight excluding hydrogens is 410 g/mol. The van der Waals surface area contributed by atoms with Crippen LogP contribution >= 0.6 is 0 Å². The fourth-order valence-electron chi connectivity index (χ4n) is 4.05. The van der Waals surface area contributed by atoms with Gasteiger partial charge in [0, 0.05) is 37.0 Å². The zero-order valence-corrected chi connectivity index (χ0v) is 18.1. The summed E-state index contributed by atoms with van der Waals surface area (Å²) in [6.45, 7) is 3.27. The van der Waals surface area contributed by atoms with E-state index in [4.69, 9.17) is 14.2 Å². The van der Waals surface area contributed by atoms with Crippen LogP contribution in [0.4, 0.5) is 0 Å². The molecule has 0 bridgehead atoms. The number of benzene rings is 1. The highest BCUT2D eigenvalue weighted by atomic mass is 16.5. The van der Waals surface area contributed by atoms with Gasteiger partial charge < -0.3 is 19.5 Å². The van der Waals surface area contributed by atoms with Gasteiger partial charge in [-0.25, -0.2) is 14.6 Å². The van der Waals surface area contributed by atoms with Crippen LogP contribution in [0.2, 0.25) is 0 Å². The second kappa shape index (κ2) is 8.49. The van der Waals surface area contributed by atoms with Crippen LogP contribution in [0.5, 0.6) is 17.6 Å². The first kappa shape index (κ1) is 20.3. The second-order valence-electron chi connectivity index (χ2n) is 7.99. The molecule has 2 aliphatic rings. The summed E-state index contributed by atoms with van der Waals surface area (Å²) in [5, 5.41) is 7.46. The number of fused-ring (bicyclic) bond motifs is 2. The molecule has 0 saturated heterocycles. The fraction of sp³-hybridized carbons (Fsp3) is 0.391. The maximum absolute atomic E-state index is 12.8. The van der Waals surface area contributed by atoms with E-state index < -0.39 is 0 Å². The number of nitrogens with zero attached hydrogens (tertiary/aromatic N) is 4. The molecule has 9 heteroatoms. The van der Waals surface area contributed by atoms with Crippen molar-refractivity contribution in [3.05, 3.63) is 47.9 Å². The number of carbonyl (C=O) groups excluding carboxylic acids is 1. The molecule has 1 unspecified atom stereocenters. The normalized spacial score (nSPS) is 19.2. The fourth-order valence-corrected chi connectivity index (χ4v) is 4.05. The summed E-state index contributed by atoms with van der Waals surface area (Å²) in [6.07, 6.45) is 6.14. The quantitative estimate of drug-likeness (QED) is 0.658. The number of hydrogen-bond acceptors (Lipinski definition) is 7. The Bertz CT molecular complexity index is 1130. The molecule has 4 heterocycles. The Hall–Kier alpha value is -3.62. The van der Waals surface area contributed by atoms with Crippen LogP contribution in [0.25, 0.3) is 11.1 Å². The van der Waals surface area contributed by atoms with Gasteiger partial charge in [-0.1, -0.05) is 13.0 Å². The zero-order valence-electron chi connectivity index (χ0n) is 18.1. The highest BCUT2D eigenvalue weighted by Gasteiger charge is 2.26. The van der Waals surface area contributed by atoms with E-state index in [1.54, 1.807) is 23.1 Å². The number of nitrogens with one attached hydrogen (secondary N) is 1. The number of aromatic nitrogens is 4. The molecule has 166 valence electrons. The van der Waals surface area contributed by atoms with Gasteiger partial charge in [-0.3, -0.25) is 4.79 Å². The lowest BCUT2D eigenvalue weighted by atomic mass is 9.98. The van der Waals surface area contributed by atoms with Gasteiger partial charge >= 0.3 is 6.01 Å². The summed E-state index contributed by atoms with van der Waals surface area (Å²) in [5.41, 5.74) is 3.25. The first-order valence-electron chi connectivity index (χ1n) is 10.8. The largest absolute Gasteiger partial charge is 0.491 e. The van der Waals surface area contributed by atoms with Gasteiger partial charge in [0.25, 0.3) is 5.91 Å². The number of aryl methyl sites for hydroxylation is 1. The van der Waals surface area contributed by atoms with Crippen molar-refractivity contribution in [2.75, 3.05) is 13.7 Å². The summed E-state index contributed by atoms with van der Waals surface area (Å²) in [6, 6.07) is 7.86. The summed E-state index contributed by atoms with van der Waals surface area (Å²) in [4.78, 5) is 21.2. The number of amides is 1. The van der Waals surface area contributed by atoms with Crippen LogP contribution in [-0.2, 0) is 13.0 Å². The molecule has 2 aliphatic heterocycles. The van der Waals surface area contributed by atoms with Crippen molar-refractivity contribution in [3.8, 4) is 28.8 Å². The third kappa shape index (κ3) is 3.98. The Morgan fingerprint density at radius 2 is 2.09 bits per heavy atom. The standard InChI is InChI=1S/C23H25N5O4/c1-3-18-6-7-28-21(32-18)10-19(27-28)22(29)26-17-9-15-8-14(4-5-20(15)31-13-17)16-11-24-23(30-2)25-12-16/h4-5,8,10-12,17-18H,3,6-7,9,13H2,1-2H3,(H,26,29)/t17-,18?/m1/s1. The van der Waals surface area contributed by atoms with Crippen molar-refractivity contribution < 1.29 is 19.0 Å². The highest BCUT2D eigenvalue weighted by Crippen LogP contribution is 2.30. The second-order valence-corrected chi connectivity index (χ2v) is 7.99. The summed E-state index contributed by atoms with van der Waals surface area (Å²) in [5.74, 6) is 1.26. The number of hydrogen-bond donors (Lipinski definition) is 1. The molecular formula is C23H25N5O4. The van der Waals surface area contributed by atoms with E-state index in [-0.39, 0.29) is 18.1 Å². The van der Waals surface area contributed by atoms with Gasteiger partial charge in [-0.15, -0.1) is 0 Å². The highest BCUT2D eigenvalue weighted by molar-refractivity contribution is 5.92. The molecule has 0 saturated carbocycles. The zero-order chi connectivity index (χ0) is 22.1. The SMILES string of the molecule is CCC1CCn2nc(C(=O)N[C@H]3COc4ccc(-c5cnc(OC)nc5)cc4C3)cc2O1. The maximum atomic E-state index is 12.8. The maximum Gasteiger partial charge on any atom is 0.316 e. The third-order valence-electron chi connectivity index (χ3n) is 5.83. The minimum Gasteiger partial charge on any atom is -0.491 e. The van der Waals surface area contributed by atoms with Crippen molar-refractivity contribution in [3.63, 3.8) is 0 Å². The molecule has 1 N–H and O–H groups in total. The van der Waals surface area contributed by atoms with Crippen LogP contribution < -0.4 is 19.5 Å². The van der Waals surface area contributed by atoms with Crippen molar-refractivity contribution in [2.45, 2.75) is 44.9 Å². The van der Waals surface area contributed by atoms with E-state index in [0.29, 0.717) is 30.6 Å². The Kier molecular flexibility index (Phi) is 5.38. The van der Waals surface area contributed by atoms with E-state index >= 15 is 0 Å². The van der Waals surface area contributed by atoms with Crippen LogP contribution in [0, 0.1) is 0 Å². The smallest absolute Gasteiger partial charge is 0.316 e. The molecule has 5 rings (SSSR count). The molecule has 0 radical (unpaired) electrons. The average Bonchev–Trinajstić information content (AvgIpc) is 3.27. The summed E-state index contributed by atoms with van der Waals surface area (Å²) >= 11 is 0. The molecule has 0 fully saturated rings. The van der Waals surface area contributed by atoms with Crippen molar-refractivity contribution >= 4 is 5.91 Å². The minimum atomic E-state index is -0.222. The minimum absolute atomic E-state index is 0.152. The van der Waals surface area contributed by atoms with Crippen LogP contribution in [0.1, 0.15) is 35.8 Å². The van der Waals surface area contributed by atoms with Gasteiger partial charge in [0.1, 0.15) is 18.5 Å². The molecule has 2 aromatic heterocycles. The predicted octanol–water partition coefficient (Wildman–Crippen LogP) is 2.64. The first-order chi connectivity index (χ1) is 15.6. The first-order valence-corrected chi connectivity index (χ1v) is 10.8. The monoisotopic (exact) mass is 435 g/mol. The van der Waals surface area contributed by atoms with E-state index in [9.17, 15) is 4.79 Å². The van der Waals surface area contributed by atoms with Crippen LogP contribution in [0.3, 0.4) is 0 Å². The van der Waals surface area contributed by atoms with Gasteiger partial charge in [0.15, 0.2) is 5.69 Å².